The molecule has 4 unspecified atom stereocenters. The highest BCUT2D eigenvalue weighted by molar-refractivity contribution is 5.89. The van der Waals surface area contributed by atoms with Gasteiger partial charge in [0.2, 0.25) is 6.29 Å². The number of esters is 2. The number of carbonyl (C=O) groups excluding carboxylic acids is 2. The summed E-state index contributed by atoms with van der Waals surface area (Å²) < 4.78 is 21.7. The SMILES string of the molecule is COC(=O)CC1CCC2OC(OC(=O)c3ccccc3)C=CC2O1. The van der Waals surface area contributed by atoms with Crippen molar-refractivity contribution >= 4 is 11.9 Å². The topological polar surface area (TPSA) is 71.1 Å². The third-order valence-electron chi connectivity index (χ3n) is 4.11. The average Bonchev–Trinajstić information content (AvgIpc) is 2.62. The lowest BCUT2D eigenvalue weighted by Gasteiger charge is -2.38. The monoisotopic (exact) mass is 332 g/mol. The van der Waals surface area contributed by atoms with E-state index in [-0.39, 0.29) is 30.7 Å². The normalized spacial score (nSPS) is 28.7. The summed E-state index contributed by atoms with van der Waals surface area (Å²) in [5, 5.41) is 0. The summed E-state index contributed by atoms with van der Waals surface area (Å²) in [6.07, 6.45) is 3.86. The molecule has 2 aliphatic rings. The Bertz CT molecular complexity index is 611. The zero-order chi connectivity index (χ0) is 16.9. The van der Waals surface area contributed by atoms with Crippen LogP contribution in [0, 0.1) is 0 Å². The molecule has 24 heavy (non-hydrogen) atoms. The van der Waals surface area contributed by atoms with Crippen molar-refractivity contribution in [2.24, 2.45) is 0 Å². The fourth-order valence-corrected chi connectivity index (χ4v) is 2.86. The molecule has 3 rings (SSSR count). The second kappa shape index (κ2) is 7.59. The first-order chi connectivity index (χ1) is 11.7. The summed E-state index contributed by atoms with van der Waals surface area (Å²) in [7, 11) is 1.36. The van der Waals surface area contributed by atoms with Crippen LogP contribution < -0.4 is 0 Å². The Morgan fingerprint density at radius 1 is 1.12 bits per heavy atom. The lowest BCUT2D eigenvalue weighted by Crippen LogP contribution is -2.44. The summed E-state index contributed by atoms with van der Waals surface area (Å²) in [6.45, 7) is 0. The van der Waals surface area contributed by atoms with Crippen LogP contribution in [0.1, 0.15) is 29.6 Å². The fraction of sp³-hybridized carbons (Fsp3) is 0.444. The van der Waals surface area contributed by atoms with E-state index in [0.717, 1.165) is 6.42 Å². The Hall–Kier alpha value is -2.18. The van der Waals surface area contributed by atoms with Gasteiger partial charge in [0.1, 0.15) is 6.10 Å². The van der Waals surface area contributed by atoms with Crippen LogP contribution in [0.2, 0.25) is 0 Å². The van der Waals surface area contributed by atoms with Crippen LogP contribution in [0.25, 0.3) is 0 Å². The molecule has 1 saturated heterocycles. The minimum Gasteiger partial charge on any atom is -0.469 e. The summed E-state index contributed by atoms with van der Waals surface area (Å²) in [5.41, 5.74) is 0.481. The molecule has 0 spiro atoms. The van der Waals surface area contributed by atoms with E-state index in [1.54, 1.807) is 30.3 Å². The second-order valence-corrected chi connectivity index (χ2v) is 5.78. The first kappa shape index (κ1) is 16.7. The van der Waals surface area contributed by atoms with Gasteiger partial charge in [0.15, 0.2) is 0 Å². The van der Waals surface area contributed by atoms with Crippen LogP contribution >= 0.6 is 0 Å². The fourth-order valence-electron chi connectivity index (χ4n) is 2.86. The van der Waals surface area contributed by atoms with Gasteiger partial charge in [-0.3, -0.25) is 4.79 Å². The molecule has 1 aromatic rings. The van der Waals surface area contributed by atoms with E-state index in [9.17, 15) is 9.59 Å². The molecule has 2 heterocycles. The molecule has 128 valence electrons. The average molecular weight is 332 g/mol. The first-order valence-corrected chi connectivity index (χ1v) is 7.98. The lowest BCUT2D eigenvalue weighted by atomic mass is 9.97. The number of hydrogen-bond donors (Lipinski definition) is 0. The van der Waals surface area contributed by atoms with Gasteiger partial charge in [0, 0.05) is 0 Å². The van der Waals surface area contributed by atoms with Crippen molar-refractivity contribution in [1.82, 2.24) is 0 Å². The van der Waals surface area contributed by atoms with Crippen molar-refractivity contribution in [2.45, 2.75) is 43.9 Å². The van der Waals surface area contributed by atoms with Crippen LogP contribution in [0.3, 0.4) is 0 Å². The van der Waals surface area contributed by atoms with E-state index >= 15 is 0 Å². The highest BCUT2D eigenvalue weighted by atomic mass is 16.7. The molecule has 0 aliphatic carbocycles. The van der Waals surface area contributed by atoms with Crippen molar-refractivity contribution < 1.29 is 28.5 Å². The van der Waals surface area contributed by atoms with Gasteiger partial charge in [-0.15, -0.1) is 0 Å². The van der Waals surface area contributed by atoms with E-state index < -0.39 is 12.3 Å². The van der Waals surface area contributed by atoms with Gasteiger partial charge < -0.3 is 18.9 Å². The maximum atomic E-state index is 12.1. The van der Waals surface area contributed by atoms with E-state index in [2.05, 4.69) is 4.74 Å². The number of rotatable bonds is 4. The number of hydrogen-bond acceptors (Lipinski definition) is 6. The van der Waals surface area contributed by atoms with Gasteiger partial charge in [-0.2, -0.15) is 0 Å². The number of carbonyl (C=O) groups is 2. The van der Waals surface area contributed by atoms with Gasteiger partial charge in [-0.1, -0.05) is 24.3 Å². The van der Waals surface area contributed by atoms with E-state index in [0.29, 0.717) is 12.0 Å². The van der Waals surface area contributed by atoms with Crippen molar-refractivity contribution in [3.8, 4) is 0 Å². The van der Waals surface area contributed by atoms with Gasteiger partial charge in [0.05, 0.1) is 31.3 Å². The van der Waals surface area contributed by atoms with Crippen LogP contribution in [0.15, 0.2) is 42.5 Å². The van der Waals surface area contributed by atoms with Crippen molar-refractivity contribution in [1.29, 1.82) is 0 Å². The van der Waals surface area contributed by atoms with Gasteiger partial charge in [-0.25, -0.2) is 4.79 Å². The smallest absolute Gasteiger partial charge is 0.340 e. The highest BCUT2D eigenvalue weighted by Gasteiger charge is 2.36. The Balaban J connectivity index is 1.55. The number of methoxy groups -OCH3 is 1. The molecule has 0 bridgehead atoms. The molecule has 2 aliphatic heterocycles. The molecule has 0 radical (unpaired) electrons. The van der Waals surface area contributed by atoms with Crippen molar-refractivity contribution in [2.75, 3.05) is 7.11 Å². The lowest BCUT2D eigenvalue weighted by molar-refractivity contribution is -0.191. The predicted octanol–water partition coefficient (Wildman–Crippen LogP) is 2.24. The van der Waals surface area contributed by atoms with E-state index in [4.69, 9.17) is 14.2 Å². The molecule has 1 fully saturated rings. The first-order valence-electron chi connectivity index (χ1n) is 7.98. The van der Waals surface area contributed by atoms with Crippen molar-refractivity contribution in [3.63, 3.8) is 0 Å². The zero-order valence-electron chi connectivity index (χ0n) is 13.4. The number of fused-ring (bicyclic) bond motifs is 1. The summed E-state index contributed by atoms with van der Waals surface area (Å²) in [4.78, 5) is 23.4. The maximum Gasteiger partial charge on any atom is 0.340 e. The number of benzene rings is 1. The molecular weight excluding hydrogens is 312 g/mol. The number of ether oxygens (including phenoxy) is 4. The van der Waals surface area contributed by atoms with Crippen LogP contribution in [0.5, 0.6) is 0 Å². The van der Waals surface area contributed by atoms with Crippen LogP contribution in [0.4, 0.5) is 0 Å². The minimum atomic E-state index is -0.722. The quantitative estimate of drug-likeness (QED) is 0.622. The minimum absolute atomic E-state index is 0.171. The van der Waals surface area contributed by atoms with Crippen LogP contribution in [-0.4, -0.2) is 43.7 Å². The molecule has 0 amide bonds. The molecular formula is C18H20O6. The highest BCUT2D eigenvalue weighted by Crippen LogP contribution is 2.29. The van der Waals surface area contributed by atoms with Gasteiger partial charge in [-0.05, 0) is 31.1 Å². The van der Waals surface area contributed by atoms with E-state index in [1.807, 2.05) is 12.1 Å². The Morgan fingerprint density at radius 3 is 2.67 bits per heavy atom. The van der Waals surface area contributed by atoms with Gasteiger partial charge >= 0.3 is 11.9 Å². The molecule has 6 nitrogen and oxygen atoms in total. The third kappa shape index (κ3) is 4.01. The molecule has 0 N–H and O–H groups in total. The largest absolute Gasteiger partial charge is 0.469 e. The maximum absolute atomic E-state index is 12.1. The molecule has 0 aromatic heterocycles. The predicted molar refractivity (Wildman–Crippen MR) is 84.2 cm³/mol. The Kier molecular flexibility index (Phi) is 5.27. The second-order valence-electron chi connectivity index (χ2n) is 5.78. The van der Waals surface area contributed by atoms with Crippen molar-refractivity contribution in [3.05, 3.63) is 48.0 Å². The molecule has 0 saturated carbocycles. The Labute approximate surface area is 140 Å². The van der Waals surface area contributed by atoms with Crippen LogP contribution in [-0.2, 0) is 23.7 Å². The van der Waals surface area contributed by atoms with E-state index in [1.165, 1.54) is 7.11 Å². The summed E-state index contributed by atoms with van der Waals surface area (Å²) in [6, 6.07) is 8.78. The summed E-state index contributed by atoms with van der Waals surface area (Å²) in [5.74, 6) is -0.710. The Morgan fingerprint density at radius 2 is 1.92 bits per heavy atom. The van der Waals surface area contributed by atoms with Gasteiger partial charge in [0.25, 0.3) is 0 Å². The molecule has 1 aromatic carbocycles. The molecule has 4 atom stereocenters. The summed E-state index contributed by atoms with van der Waals surface area (Å²) >= 11 is 0. The third-order valence-corrected chi connectivity index (χ3v) is 4.11. The molecule has 6 heteroatoms. The zero-order valence-corrected chi connectivity index (χ0v) is 13.4. The standard InChI is InChI=1S/C18H20O6/c1-21-16(19)11-13-7-8-15-14(22-13)9-10-17(23-15)24-18(20)12-5-3-2-4-6-12/h2-6,9-10,13-15,17H,7-8,11H2,1H3.